The lowest BCUT2D eigenvalue weighted by Gasteiger charge is -1.99. The summed E-state index contributed by atoms with van der Waals surface area (Å²) in [5.41, 5.74) is 11.5. The Morgan fingerprint density at radius 2 is 0.784 bits per heavy atom. The molecule has 3 aliphatic carbocycles. The Morgan fingerprint density at radius 1 is 0.351 bits per heavy atom. The molecule has 0 amide bonds. The molecule has 6 aromatic rings. The van der Waals surface area contributed by atoms with Gasteiger partial charge in [0.05, 0.1) is 0 Å². The lowest BCUT2D eigenvalue weighted by molar-refractivity contribution is 1.02. The third-order valence-electron chi connectivity index (χ3n) is 7.86. The maximum Gasteiger partial charge on any atom is -0.00135 e. The maximum atomic E-state index is 2.25. The van der Waals surface area contributed by atoms with Crippen LogP contribution < -0.4 is 0 Å². The van der Waals surface area contributed by atoms with E-state index in [1.165, 1.54) is 78.9 Å². The van der Waals surface area contributed by atoms with Crippen LogP contribution in [-0.2, 0) is 19.3 Å². The zero-order valence-corrected chi connectivity index (χ0v) is 20.8. The van der Waals surface area contributed by atoms with Crippen LogP contribution in [0.4, 0.5) is 0 Å². The fourth-order valence-electron chi connectivity index (χ4n) is 6.12. The second-order valence-corrected chi connectivity index (χ2v) is 10.0. The van der Waals surface area contributed by atoms with Crippen molar-refractivity contribution < 1.29 is 0 Å². The van der Waals surface area contributed by atoms with Gasteiger partial charge >= 0.3 is 0 Å². The van der Waals surface area contributed by atoms with Gasteiger partial charge in [0.15, 0.2) is 0 Å². The summed E-state index contributed by atoms with van der Waals surface area (Å²) in [4.78, 5) is 0. The Bertz CT molecular complexity index is 1660. The van der Waals surface area contributed by atoms with Crippen molar-refractivity contribution in [1.82, 2.24) is 0 Å². The third-order valence-corrected chi connectivity index (χ3v) is 7.86. The molecule has 0 nitrogen and oxygen atoms in total. The van der Waals surface area contributed by atoms with Gasteiger partial charge in [0.25, 0.3) is 0 Å². The van der Waals surface area contributed by atoms with Crippen LogP contribution in [0.2, 0.25) is 0 Å². The van der Waals surface area contributed by atoms with Crippen molar-refractivity contribution in [3.8, 4) is 11.1 Å². The van der Waals surface area contributed by atoms with E-state index in [1.54, 1.807) is 0 Å². The third kappa shape index (κ3) is 3.96. The zero-order chi connectivity index (χ0) is 24.6. The van der Waals surface area contributed by atoms with Gasteiger partial charge in [0.2, 0.25) is 0 Å². The second kappa shape index (κ2) is 9.22. The molecule has 0 fully saturated rings. The second-order valence-electron chi connectivity index (χ2n) is 10.0. The molecular weight excluding hydrogens is 444 g/mol. The maximum absolute atomic E-state index is 2.25. The van der Waals surface area contributed by atoms with E-state index in [0.717, 1.165) is 6.42 Å². The highest BCUT2D eigenvalue weighted by Crippen LogP contribution is 2.36. The van der Waals surface area contributed by atoms with Crippen LogP contribution in [0.25, 0.3) is 44.8 Å². The normalized spacial score (nSPS) is 13.0. The summed E-state index contributed by atoms with van der Waals surface area (Å²) in [5, 5.41) is 5.66. The van der Waals surface area contributed by atoms with Crippen molar-refractivity contribution in [2.45, 2.75) is 19.3 Å². The molecule has 0 aromatic heterocycles. The number of fused-ring (bicyclic) bond motifs is 3. The van der Waals surface area contributed by atoms with Gasteiger partial charge in [-0.2, -0.15) is 0 Å². The topological polar surface area (TPSA) is 0 Å². The molecule has 6 aromatic carbocycles. The summed E-state index contributed by atoms with van der Waals surface area (Å²) in [6.07, 6.45) is 7.93. The number of benzene rings is 6. The number of hydrogen-bond donors (Lipinski definition) is 0. The first kappa shape index (κ1) is 21.8. The summed E-state index contributed by atoms with van der Waals surface area (Å²) in [6.45, 7) is 0. The molecule has 3 aliphatic rings. The highest BCUT2D eigenvalue weighted by atomic mass is 14.2. The van der Waals surface area contributed by atoms with Gasteiger partial charge in [-0.1, -0.05) is 133 Å². The Balaban J connectivity index is 0.0000000938. The van der Waals surface area contributed by atoms with Crippen LogP contribution in [0.15, 0.2) is 121 Å². The van der Waals surface area contributed by atoms with E-state index < -0.39 is 0 Å². The highest BCUT2D eigenvalue weighted by Gasteiger charge is 2.16. The van der Waals surface area contributed by atoms with Gasteiger partial charge in [0, 0.05) is 0 Å². The van der Waals surface area contributed by atoms with E-state index in [2.05, 4.69) is 133 Å². The monoisotopic (exact) mass is 472 g/mol. The van der Waals surface area contributed by atoms with E-state index in [-0.39, 0.29) is 0 Å². The van der Waals surface area contributed by atoms with Gasteiger partial charge < -0.3 is 0 Å². The minimum absolute atomic E-state index is 1.10. The van der Waals surface area contributed by atoms with Gasteiger partial charge in [-0.15, -0.1) is 0 Å². The van der Waals surface area contributed by atoms with E-state index >= 15 is 0 Å². The summed E-state index contributed by atoms with van der Waals surface area (Å²) < 4.78 is 0. The van der Waals surface area contributed by atoms with Crippen molar-refractivity contribution in [3.63, 3.8) is 0 Å². The fourth-order valence-corrected chi connectivity index (χ4v) is 6.12. The van der Waals surface area contributed by atoms with Crippen LogP contribution in [0.3, 0.4) is 0 Å². The molecule has 0 heterocycles. The summed E-state index contributed by atoms with van der Waals surface area (Å²) in [7, 11) is 0. The molecule has 176 valence electrons. The van der Waals surface area contributed by atoms with Gasteiger partial charge in [-0.25, -0.2) is 0 Å². The molecule has 0 N–H and O–H groups in total. The van der Waals surface area contributed by atoms with E-state index in [0.29, 0.717) is 0 Å². The summed E-state index contributed by atoms with van der Waals surface area (Å²) >= 11 is 0. The predicted molar refractivity (Wildman–Crippen MR) is 159 cm³/mol. The number of rotatable bonds is 0. The first-order valence-corrected chi connectivity index (χ1v) is 13.2. The molecule has 0 unspecified atom stereocenters. The summed E-state index contributed by atoms with van der Waals surface area (Å²) in [5.74, 6) is 0. The SMILES string of the molecule is C1=Cc2cccc3cccc1c23.c1cc2c3c(cccc3c1)CC2.c1ccc2c(c1)Cc1ccccc1-2. The molecule has 0 aliphatic heterocycles. The molecule has 0 saturated heterocycles. The Kier molecular flexibility index (Phi) is 5.44. The van der Waals surface area contributed by atoms with Crippen molar-refractivity contribution in [2.24, 2.45) is 0 Å². The molecule has 0 heteroatoms. The Labute approximate surface area is 218 Å². The lowest BCUT2D eigenvalue weighted by Crippen LogP contribution is -1.77. The summed E-state index contributed by atoms with van der Waals surface area (Å²) in [6, 6.07) is 43.4. The molecule has 0 radical (unpaired) electrons. The van der Waals surface area contributed by atoms with Crippen molar-refractivity contribution >= 4 is 33.7 Å². The van der Waals surface area contributed by atoms with Crippen molar-refractivity contribution in [2.75, 3.05) is 0 Å². The van der Waals surface area contributed by atoms with E-state index in [4.69, 9.17) is 0 Å². The fraction of sp³-hybridized carbons (Fsp3) is 0.0811. The van der Waals surface area contributed by atoms with Gasteiger partial charge in [0.1, 0.15) is 0 Å². The Morgan fingerprint density at radius 3 is 1.32 bits per heavy atom. The first-order valence-electron chi connectivity index (χ1n) is 13.2. The molecule has 9 rings (SSSR count). The highest BCUT2D eigenvalue weighted by molar-refractivity contribution is 6.04. The van der Waals surface area contributed by atoms with Crippen LogP contribution in [0.1, 0.15) is 33.4 Å². The Hall–Kier alpha value is -4.42. The van der Waals surface area contributed by atoms with Crippen LogP contribution in [-0.4, -0.2) is 0 Å². The predicted octanol–water partition coefficient (Wildman–Crippen LogP) is 9.52. The molecular formula is C37H28. The average molecular weight is 473 g/mol. The zero-order valence-electron chi connectivity index (χ0n) is 20.8. The minimum Gasteiger partial charge on any atom is -0.0619 e. The van der Waals surface area contributed by atoms with Gasteiger partial charge in [-0.05, 0) is 85.3 Å². The standard InChI is InChI=1S/C13H10.C12H10.C12H8/c1-3-7-12-10(5-1)9-11-6-2-4-8-13(11)12;2*1-3-9-4-2-6-11-8-7-10(5-1)12(9)11/h1-8H,9H2;1-6H,7-8H2;1-8H. The first-order chi connectivity index (χ1) is 18.3. The molecule has 0 bridgehead atoms. The minimum atomic E-state index is 1.10. The molecule has 0 atom stereocenters. The number of hydrogen-bond acceptors (Lipinski definition) is 0. The number of aryl methyl sites for hydroxylation is 2. The van der Waals surface area contributed by atoms with Crippen molar-refractivity contribution in [1.29, 1.82) is 0 Å². The van der Waals surface area contributed by atoms with Crippen molar-refractivity contribution in [3.05, 3.63) is 155 Å². The largest absolute Gasteiger partial charge is 0.0619 e. The average Bonchev–Trinajstić information content (AvgIpc) is 3.68. The molecule has 0 saturated carbocycles. The van der Waals surface area contributed by atoms with Gasteiger partial charge in [-0.3, -0.25) is 0 Å². The quantitative estimate of drug-likeness (QED) is 0.206. The van der Waals surface area contributed by atoms with Crippen LogP contribution in [0, 0.1) is 0 Å². The van der Waals surface area contributed by atoms with E-state index in [9.17, 15) is 0 Å². The van der Waals surface area contributed by atoms with Crippen LogP contribution in [0.5, 0.6) is 0 Å². The lowest BCUT2D eigenvalue weighted by atomic mass is 10.0. The van der Waals surface area contributed by atoms with Crippen LogP contribution >= 0.6 is 0 Å². The molecule has 37 heavy (non-hydrogen) atoms. The molecule has 0 spiro atoms. The van der Waals surface area contributed by atoms with E-state index in [1.807, 2.05) is 0 Å². The smallest absolute Gasteiger partial charge is 0.00135 e.